The molecule has 1 amide bonds. The second kappa shape index (κ2) is 7.38. The third kappa shape index (κ3) is 3.42. The molecule has 28 heavy (non-hydrogen) atoms. The van der Waals surface area contributed by atoms with Crippen LogP contribution in [0.5, 0.6) is 0 Å². The zero-order valence-electron chi connectivity index (χ0n) is 15.7. The highest BCUT2D eigenvalue weighted by atomic mass is 32.2. The van der Waals surface area contributed by atoms with E-state index in [1.54, 1.807) is 10.6 Å². The fraction of sp³-hybridized carbons (Fsp3) is 0.368. The van der Waals surface area contributed by atoms with Gasteiger partial charge in [0.2, 0.25) is 11.9 Å². The molecule has 0 spiro atoms. The average molecular weight is 400 g/mol. The van der Waals surface area contributed by atoms with Gasteiger partial charge in [-0.15, -0.1) is 16.9 Å². The largest absolute Gasteiger partial charge is 0.366 e. The summed E-state index contributed by atoms with van der Waals surface area (Å²) < 4.78 is 15.6. The van der Waals surface area contributed by atoms with E-state index in [2.05, 4.69) is 20.4 Å². The van der Waals surface area contributed by atoms with E-state index >= 15 is 0 Å². The van der Waals surface area contributed by atoms with Gasteiger partial charge in [0.25, 0.3) is 5.78 Å². The van der Waals surface area contributed by atoms with Crippen molar-refractivity contribution in [2.75, 3.05) is 11.5 Å². The van der Waals surface area contributed by atoms with E-state index in [1.807, 2.05) is 19.9 Å². The predicted molar refractivity (Wildman–Crippen MR) is 106 cm³/mol. The monoisotopic (exact) mass is 400 g/mol. The van der Waals surface area contributed by atoms with Crippen LogP contribution in [0.15, 0.2) is 23.1 Å². The summed E-state index contributed by atoms with van der Waals surface area (Å²) in [6, 6.07) is 4.88. The molecule has 0 saturated carbocycles. The van der Waals surface area contributed by atoms with E-state index < -0.39 is 0 Å². The Labute approximate surface area is 165 Å². The van der Waals surface area contributed by atoms with Gasteiger partial charge in [0.15, 0.2) is 0 Å². The second-order valence-corrected chi connectivity index (χ2v) is 7.96. The summed E-state index contributed by atoms with van der Waals surface area (Å²) >= 11 is 1.50. The van der Waals surface area contributed by atoms with Crippen LogP contribution in [0.1, 0.15) is 41.4 Å². The maximum Gasteiger partial charge on any atom is 0.254 e. The summed E-state index contributed by atoms with van der Waals surface area (Å²) in [6.07, 6.45) is 1.63. The minimum Gasteiger partial charge on any atom is -0.366 e. The first-order valence-electron chi connectivity index (χ1n) is 9.13. The number of aryl methyl sites for hydroxylation is 2. The lowest BCUT2D eigenvalue weighted by molar-refractivity contribution is -0.121. The van der Waals surface area contributed by atoms with Crippen LogP contribution < -0.4 is 11.1 Å². The van der Waals surface area contributed by atoms with Crippen molar-refractivity contribution in [2.45, 2.75) is 44.0 Å². The van der Waals surface area contributed by atoms with E-state index in [0.717, 1.165) is 34.7 Å². The van der Waals surface area contributed by atoms with Crippen molar-refractivity contribution < 1.29 is 9.18 Å². The van der Waals surface area contributed by atoms with Gasteiger partial charge in [-0.1, -0.05) is 12.1 Å². The lowest BCUT2D eigenvalue weighted by atomic mass is 10.0. The van der Waals surface area contributed by atoms with Crippen LogP contribution in [0.25, 0.3) is 5.78 Å². The normalized spacial score (nSPS) is 16.2. The number of carbonyl (C=O) groups excluding carboxylic acids is 1. The zero-order chi connectivity index (χ0) is 19.8. The van der Waals surface area contributed by atoms with Gasteiger partial charge in [-0.25, -0.2) is 9.37 Å². The minimum absolute atomic E-state index is 0.0656. The quantitative estimate of drug-likeness (QED) is 0.699. The topological polar surface area (TPSA) is 98.2 Å². The first-order chi connectivity index (χ1) is 13.4. The van der Waals surface area contributed by atoms with Gasteiger partial charge in [0, 0.05) is 28.5 Å². The molecular formula is C19H21FN6OS. The first kappa shape index (κ1) is 18.7. The van der Waals surface area contributed by atoms with Crippen molar-refractivity contribution in [3.8, 4) is 0 Å². The number of benzene rings is 1. The van der Waals surface area contributed by atoms with Crippen LogP contribution in [0, 0.1) is 19.7 Å². The second-order valence-electron chi connectivity index (χ2n) is 6.86. The van der Waals surface area contributed by atoms with Crippen molar-refractivity contribution in [3.05, 3.63) is 46.5 Å². The average Bonchev–Trinajstić information content (AvgIpc) is 3.03. The van der Waals surface area contributed by atoms with E-state index in [-0.39, 0.29) is 23.7 Å². The van der Waals surface area contributed by atoms with Crippen LogP contribution in [0.2, 0.25) is 0 Å². The molecule has 3 aromatic rings. The molecule has 3 heterocycles. The summed E-state index contributed by atoms with van der Waals surface area (Å²) in [4.78, 5) is 21.7. The van der Waals surface area contributed by atoms with E-state index in [1.165, 1.54) is 17.8 Å². The standard InChI is InChI=1S/C19H21FN6OS/c1-10-12(11(2)26-19(22-10)24-18(21)25-26)6-7-16(27)23-15-8-9-28-17-13(15)4-3-5-14(17)20/h3-5,15H,6-9H2,1-2H3,(H2,21,25)(H,23,27)/t15-/m0/s1. The number of fused-ring (bicyclic) bond motifs is 2. The number of thioether (sulfide) groups is 1. The summed E-state index contributed by atoms with van der Waals surface area (Å²) in [5, 5.41) is 7.21. The molecule has 0 unspecified atom stereocenters. The Morgan fingerprint density at radius 2 is 2.21 bits per heavy atom. The molecule has 0 aliphatic carbocycles. The molecule has 1 aliphatic heterocycles. The van der Waals surface area contributed by atoms with Gasteiger partial charge >= 0.3 is 0 Å². The molecule has 0 radical (unpaired) electrons. The number of nitrogens with one attached hydrogen (secondary N) is 1. The molecule has 0 bridgehead atoms. The highest BCUT2D eigenvalue weighted by Gasteiger charge is 2.24. The Bertz CT molecular complexity index is 1070. The molecule has 1 aliphatic rings. The lowest BCUT2D eigenvalue weighted by Gasteiger charge is -2.26. The third-order valence-corrected chi connectivity index (χ3v) is 6.19. The molecule has 0 fully saturated rings. The van der Waals surface area contributed by atoms with E-state index in [9.17, 15) is 9.18 Å². The molecule has 146 valence electrons. The van der Waals surface area contributed by atoms with Crippen LogP contribution >= 0.6 is 11.8 Å². The van der Waals surface area contributed by atoms with Gasteiger partial charge < -0.3 is 11.1 Å². The van der Waals surface area contributed by atoms with Crippen LogP contribution in [0.4, 0.5) is 10.3 Å². The molecule has 9 heteroatoms. The van der Waals surface area contributed by atoms with Crippen LogP contribution in [-0.2, 0) is 11.2 Å². The highest BCUT2D eigenvalue weighted by molar-refractivity contribution is 7.99. The summed E-state index contributed by atoms with van der Waals surface area (Å²) in [5.74, 6) is 1.12. The summed E-state index contributed by atoms with van der Waals surface area (Å²) in [6.45, 7) is 3.81. The number of nitrogen functional groups attached to an aromatic ring is 1. The maximum atomic E-state index is 14.0. The van der Waals surface area contributed by atoms with Crippen molar-refractivity contribution >= 4 is 29.4 Å². The van der Waals surface area contributed by atoms with Gasteiger partial charge in [-0.05, 0) is 43.9 Å². The molecular weight excluding hydrogens is 379 g/mol. The molecule has 1 aromatic carbocycles. The van der Waals surface area contributed by atoms with E-state index in [4.69, 9.17) is 5.73 Å². The smallest absolute Gasteiger partial charge is 0.254 e. The molecule has 7 nitrogen and oxygen atoms in total. The Hall–Kier alpha value is -2.68. The molecule has 2 aromatic heterocycles. The Morgan fingerprint density at radius 3 is 3.04 bits per heavy atom. The van der Waals surface area contributed by atoms with Gasteiger partial charge in [-0.3, -0.25) is 4.79 Å². The number of amides is 1. The number of halogens is 1. The van der Waals surface area contributed by atoms with Crippen LogP contribution in [0.3, 0.4) is 0 Å². The molecule has 1 atom stereocenters. The Morgan fingerprint density at radius 1 is 1.39 bits per heavy atom. The molecule has 4 rings (SSSR count). The van der Waals surface area contributed by atoms with Crippen molar-refractivity contribution in [1.29, 1.82) is 0 Å². The number of rotatable bonds is 4. The molecule has 0 saturated heterocycles. The lowest BCUT2D eigenvalue weighted by Crippen LogP contribution is -2.31. The number of nitrogens with zero attached hydrogens (tertiary/aromatic N) is 4. The number of anilines is 1. The van der Waals surface area contributed by atoms with E-state index in [0.29, 0.717) is 23.5 Å². The zero-order valence-corrected chi connectivity index (χ0v) is 16.5. The fourth-order valence-electron chi connectivity index (χ4n) is 3.63. The summed E-state index contributed by atoms with van der Waals surface area (Å²) in [7, 11) is 0. The highest BCUT2D eigenvalue weighted by Crippen LogP contribution is 2.37. The number of hydrogen-bond acceptors (Lipinski definition) is 6. The van der Waals surface area contributed by atoms with Crippen molar-refractivity contribution in [1.82, 2.24) is 24.9 Å². The Balaban J connectivity index is 1.48. The van der Waals surface area contributed by atoms with Gasteiger partial charge in [0.05, 0.1) is 6.04 Å². The number of carbonyl (C=O) groups is 1. The Kier molecular flexibility index (Phi) is 4.92. The van der Waals surface area contributed by atoms with Gasteiger partial charge in [0.1, 0.15) is 5.82 Å². The first-order valence-corrected chi connectivity index (χ1v) is 10.1. The summed E-state index contributed by atoms with van der Waals surface area (Å²) in [5.41, 5.74) is 9.16. The van der Waals surface area contributed by atoms with Crippen molar-refractivity contribution in [3.63, 3.8) is 0 Å². The van der Waals surface area contributed by atoms with Crippen LogP contribution in [-0.4, -0.2) is 31.2 Å². The number of hydrogen-bond donors (Lipinski definition) is 2. The third-order valence-electron chi connectivity index (χ3n) is 5.03. The fourth-order valence-corrected chi connectivity index (χ4v) is 4.77. The maximum absolute atomic E-state index is 14.0. The van der Waals surface area contributed by atoms with Crippen molar-refractivity contribution in [2.24, 2.45) is 0 Å². The van der Waals surface area contributed by atoms with Gasteiger partial charge in [-0.2, -0.15) is 9.50 Å². The SMILES string of the molecule is Cc1nc2nc(N)nn2c(C)c1CCC(=O)N[C@H]1CCSc2c(F)cccc21. The number of aromatic nitrogens is 4. The minimum atomic E-state index is -0.223. The predicted octanol–water partition coefficient (Wildman–Crippen LogP) is 2.75. The molecule has 3 N–H and O–H groups in total. The number of nitrogens with two attached hydrogens (primary N) is 1.